The molecule has 0 radical (unpaired) electrons. The van der Waals surface area contributed by atoms with Gasteiger partial charge < -0.3 is 10.1 Å². The second-order valence-electron chi connectivity index (χ2n) is 5.71. The molecule has 1 aromatic rings. The summed E-state index contributed by atoms with van der Waals surface area (Å²) in [5.74, 6) is -0.320. The van der Waals surface area contributed by atoms with Gasteiger partial charge in [-0.3, -0.25) is 4.79 Å². The molecule has 4 heteroatoms. The van der Waals surface area contributed by atoms with E-state index in [1.54, 1.807) is 13.0 Å². The zero-order valence-electron chi connectivity index (χ0n) is 13.5. The highest BCUT2D eigenvalue weighted by molar-refractivity contribution is 5.97. The fraction of sp³-hybridized carbons (Fsp3) is 0.529. The Morgan fingerprint density at radius 3 is 2.38 bits per heavy atom. The molecule has 0 saturated carbocycles. The van der Waals surface area contributed by atoms with Crippen molar-refractivity contribution in [2.45, 2.75) is 47.1 Å². The summed E-state index contributed by atoms with van der Waals surface area (Å²) in [7, 11) is 0. The van der Waals surface area contributed by atoms with E-state index in [2.05, 4.69) is 5.32 Å². The number of hydrogen-bond acceptors (Lipinski definition) is 3. The first-order valence-electron chi connectivity index (χ1n) is 7.39. The van der Waals surface area contributed by atoms with E-state index in [0.717, 1.165) is 11.1 Å². The molecule has 0 spiro atoms. The highest BCUT2D eigenvalue weighted by Gasteiger charge is 2.23. The summed E-state index contributed by atoms with van der Waals surface area (Å²) in [5, 5.41) is 2.78. The lowest BCUT2D eigenvalue weighted by molar-refractivity contribution is -0.145. The topological polar surface area (TPSA) is 55.4 Å². The molecule has 1 aromatic carbocycles. The van der Waals surface area contributed by atoms with Crippen LogP contribution in [0.4, 0.5) is 0 Å². The number of rotatable bonds is 6. The third-order valence-electron chi connectivity index (χ3n) is 3.35. The average molecular weight is 291 g/mol. The number of esters is 1. The van der Waals surface area contributed by atoms with Crippen molar-refractivity contribution in [3.63, 3.8) is 0 Å². The first kappa shape index (κ1) is 17.2. The Morgan fingerprint density at radius 1 is 1.19 bits per heavy atom. The van der Waals surface area contributed by atoms with Gasteiger partial charge in [0.05, 0.1) is 6.61 Å². The van der Waals surface area contributed by atoms with Crippen molar-refractivity contribution in [2.75, 3.05) is 6.61 Å². The van der Waals surface area contributed by atoms with Gasteiger partial charge in [-0.1, -0.05) is 19.9 Å². The lowest BCUT2D eigenvalue weighted by atomic mass is 10.0. The number of carbonyl (C=O) groups excluding carboxylic acids is 2. The molecule has 4 nitrogen and oxygen atoms in total. The van der Waals surface area contributed by atoms with Gasteiger partial charge >= 0.3 is 5.97 Å². The number of aryl methyl sites for hydroxylation is 2. The molecule has 0 aromatic heterocycles. The first-order chi connectivity index (χ1) is 9.85. The zero-order chi connectivity index (χ0) is 16.0. The van der Waals surface area contributed by atoms with Crippen molar-refractivity contribution >= 4 is 11.9 Å². The average Bonchev–Trinajstić information content (AvgIpc) is 2.40. The van der Waals surface area contributed by atoms with Crippen LogP contribution in [0.5, 0.6) is 0 Å². The Labute approximate surface area is 126 Å². The monoisotopic (exact) mass is 291 g/mol. The van der Waals surface area contributed by atoms with Gasteiger partial charge in [0.15, 0.2) is 0 Å². The van der Waals surface area contributed by atoms with Gasteiger partial charge in [-0.25, -0.2) is 4.79 Å². The maximum absolute atomic E-state index is 12.3. The smallest absolute Gasteiger partial charge is 0.328 e. The van der Waals surface area contributed by atoms with Crippen LogP contribution in [0.2, 0.25) is 0 Å². The molecule has 116 valence electrons. The molecular weight excluding hydrogens is 266 g/mol. The Balaban J connectivity index is 2.83. The van der Waals surface area contributed by atoms with E-state index < -0.39 is 6.04 Å². The molecule has 0 bridgehead atoms. The van der Waals surface area contributed by atoms with E-state index in [-0.39, 0.29) is 11.9 Å². The van der Waals surface area contributed by atoms with Crippen LogP contribution >= 0.6 is 0 Å². The van der Waals surface area contributed by atoms with E-state index in [1.165, 1.54) is 0 Å². The van der Waals surface area contributed by atoms with Crippen molar-refractivity contribution in [1.82, 2.24) is 5.32 Å². The molecule has 0 aliphatic heterocycles. The minimum absolute atomic E-state index is 0.239. The summed E-state index contributed by atoms with van der Waals surface area (Å²) in [6.45, 7) is 10.0. The molecule has 21 heavy (non-hydrogen) atoms. The third-order valence-corrected chi connectivity index (χ3v) is 3.35. The summed E-state index contributed by atoms with van der Waals surface area (Å²) >= 11 is 0. The van der Waals surface area contributed by atoms with Crippen molar-refractivity contribution in [1.29, 1.82) is 0 Å². The van der Waals surface area contributed by atoms with Gasteiger partial charge in [0.25, 0.3) is 5.91 Å². The van der Waals surface area contributed by atoms with Gasteiger partial charge in [0, 0.05) is 5.56 Å². The van der Waals surface area contributed by atoms with Crippen molar-refractivity contribution < 1.29 is 14.3 Å². The van der Waals surface area contributed by atoms with Crippen LogP contribution in [-0.2, 0) is 9.53 Å². The summed E-state index contributed by atoms with van der Waals surface area (Å²) < 4.78 is 5.03. The van der Waals surface area contributed by atoms with Gasteiger partial charge in [-0.15, -0.1) is 0 Å². The molecule has 1 N–H and O–H groups in total. The lowest BCUT2D eigenvalue weighted by Crippen LogP contribution is -2.42. The maximum Gasteiger partial charge on any atom is 0.328 e. The number of benzene rings is 1. The van der Waals surface area contributed by atoms with Crippen LogP contribution in [-0.4, -0.2) is 24.5 Å². The Kier molecular flexibility index (Phi) is 6.40. The molecular formula is C17H25NO3. The number of carbonyl (C=O) groups is 2. The standard InChI is InChI=1S/C17H25NO3/c1-6-21-17(20)15(9-11(2)3)18-16(19)14-8-7-12(4)13(5)10-14/h7-8,10-11,15H,6,9H2,1-5H3,(H,18,19)/t15-/m1/s1. The Hall–Kier alpha value is -1.84. The van der Waals surface area contributed by atoms with E-state index >= 15 is 0 Å². The normalized spacial score (nSPS) is 12.1. The molecule has 0 aliphatic carbocycles. The van der Waals surface area contributed by atoms with E-state index in [0.29, 0.717) is 24.5 Å². The first-order valence-corrected chi connectivity index (χ1v) is 7.39. The van der Waals surface area contributed by atoms with E-state index in [9.17, 15) is 9.59 Å². The van der Waals surface area contributed by atoms with Crippen LogP contribution in [0.15, 0.2) is 18.2 Å². The van der Waals surface area contributed by atoms with Crippen LogP contribution in [0.1, 0.15) is 48.7 Å². The number of hydrogen-bond donors (Lipinski definition) is 1. The van der Waals surface area contributed by atoms with Gasteiger partial charge in [0.1, 0.15) is 6.04 Å². The van der Waals surface area contributed by atoms with Crippen molar-refractivity contribution in [3.8, 4) is 0 Å². The van der Waals surface area contributed by atoms with E-state index in [1.807, 2.05) is 39.8 Å². The minimum atomic E-state index is -0.598. The SMILES string of the molecule is CCOC(=O)[C@@H](CC(C)C)NC(=O)c1ccc(C)c(C)c1. The van der Waals surface area contributed by atoms with E-state index in [4.69, 9.17) is 4.74 Å². The van der Waals surface area contributed by atoms with Gasteiger partial charge in [-0.2, -0.15) is 0 Å². The van der Waals surface area contributed by atoms with Gasteiger partial charge in [0.2, 0.25) is 0 Å². The number of nitrogens with one attached hydrogen (secondary N) is 1. The van der Waals surface area contributed by atoms with Crippen molar-refractivity contribution in [3.05, 3.63) is 34.9 Å². The maximum atomic E-state index is 12.3. The Morgan fingerprint density at radius 2 is 1.86 bits per heavy atom. The highest BCUT2D eigenvalue weighted by Crippen LogP contribution is 2.12. The predicted octanol–water partition coefficient (Wildman–Crippen LogP) is 3.01. The predicted molar refractivity (Wildman–Crippen MR) is 83.3 cm³/mol. The van der Waals surface area contributed by atoms with Crippen LogP contribution in [0, 0.1) is 19.8 Å². The molecule has 0 unspecified atom stereocenters. The molecule has 0 fully saturated rings. The third kappa shape index (κ3) is 5.21. The fourth-order valence-corrected chi connectivity index (χ4v) is 2.05. The van der Waals surface area contributed by atoms with Crippen LogP contribution in [0.3, 0.4) is 0 Å². The summed E-state index contributed by atoms with van der Waals surface area (Å²) in [5.41, 5.74) is 2.76. The summed E-state index contributed by atoms with van der Waals surface area (Å²) in [6, 6.07) is 4.92. The van der Waals surface area contributed by atoms with Gasteiger partial charge in [-0.05, 0) is 56.4 Å². The highest BCUT2D eigenvalue weighted by atomic mass is 16.5. The molecule has 1 amide bonds. The molecule has 0 saturated heterocycles. The number of ether oxygens (including phenoxy) is 1. The molecule has 0 aliphatic rings. The molecule has 1 atom stereocenters. The quantitative estimate of drug-likeness (QED) is 0.820. The Bertz CT molecular complexity index is 509. The number of amides is 1. The zero-order valence-corrected chi connectivity index (χ0v) is 13.5. The lowest BCUT2D eigenvalue weighted by Gasteiger charge is -2.19. The second-order valence-corrected chi connectivity index (χ2v) is 5.71. The fourth-order valence-electron chi connectivity index (χ4n) is 2.05. The summed E-state index contributed by atoms with van der Waals surface area (Å²) in [6.07, 6.45) is 0.565. The van der Waals surface area contributed by atoms with Crippen LogP contribution in [0.25, 0.3) is 0 Å². The molecule has 0 heterocycles. The minimum Gasteiger partial charge on any atom is -0.464 e. The summed E-state index contributed by atoms with van der Waals surface area (Å²) in [4.78, 5) is 24.2. The largest absolute Gasteiger partial charge is 0.464 e. The second kappa shape index (κ2) is 7.81. The van der Waals surface area contributed by atoms with Crippen LogP contribution < -0.4 is 5.32 Å². The molecule has 1 rings (SSSR count). The van der Waals surface area contributed by atoms with Crippen molar-refractivity contribution in [2.24, 2.45) is 5.92 Å².